The number of halogens is 1. The summed E-state index contributed by atoms with van der Waals surface area (Å²) < 4.78 is 16.9. The summed E-state index contributed by atoms with van der Waals surface area (Å²) in [6.07, 6.45) is 6.32. The number of hydrogen-bond acceptors (Lipinski definition) is 13. The van der Waals surface area contributed by atoms with E-state index >= 15 is 0 Å². The minimum Gasteiger partial charge on any atom is -0.444 e. The first kappa shape index (κ1) is 50.7. The van der Waals surface area contributed by atoms with Crippen molar-refractivity contribution in [2.45, 2.75) is 70.6 Å². The number of carbonyl (C=O) groups is 4. The molecule has 5 aromatic rings. The molecule has 19 heteroatoms. The van der Waals surface area contributed by atoms with Gasteiger partial charge in [0.15, 0.2) is 5.69 Å². The molecule has 2 aromatic carbocycles. The van der Waals surface area contributed by atoms with Gasteiger partial charge in [-0.3, -0.25) is 19.3 Å². The maximum Gasteiger partial charge on any atom is 0.408 e. The second kappa shape index (κ2) is 23.9. The number of alkyl carbamates (subject to hydrolysis) is 1. The van der Waals surface area contributed by atoms with Gasteiger partial charge >= 0.3 is 6.09 Å². The molecular weight excluding hydrogens is 902 g/mol. The first-order chi connectivity index (χ1) is 33.3. The highest BCUT2D eigenvalue weighted by molar-refractivity contribution is 6.30. The SMILES string of the molecule is CCc1cccc(-c2cnc(C(=O)NCCOCCNCC[C@H](NC(=O)C3(NC(=O)OC(C)(C)C)CCN(c4ncnc5[nH]ccc45)CC3)c3ccc(Cl)cc3)c(NC(=O)CN3CCOCC3)c2)c1. The molecule has 2 aliphatic heterocycles. The molecule has 1 atom stereocenters. The highest BCUT2D eigenvalue weighted by Gasteiger charge is 2.45. The first-order valence-corrected chi connectivity index (χ1v) is 24.0. The van der Waals surface area contributed by atoms with E-state index in [1.165, 1.54) is 11.9 Å². The minimum absolute atomic E-state index is 0.113. The molecule has 0 bridgehead atoms. The van der Waals surface area contributed by atoms with E-state index in [1.54, 1.807) is 45.2 Å². The molecular formula is C50H64ClN11O7. The number of anilines is 2. The summed E-state index contributed by atoms with van der Waals surface area (Å²) in [7, 11) is 0. The summed E-state index contributed by atoms with van der Waals surface area (Å²) in [6.45, 7) is 12.8. The number of nitrogens with one attached hydrogen (secondary N) is 6. The molecule has 2 aliphatic rings. The molecule has 7 rings (SSSR count). The van der Waals surface area contributed by atoms with E-state index in [9.17, 15) is 19.2 Å². The van der Waals surface area contributed by atoms with Crippen molar-refractivity contribution in [3.05, 3.63) is 101 Å². The third-order valence-electron chi connectivity index (χ3n) is 12.1. The zero-order valence-electron chi connectivity index (χ0n) is 39.9. The lowest BCUT2D eigenvalue weighted by Crippen LogP contribution is -2.64. The van der Waals surface area contributed by atoms with E-state index in [1.807, 2.05) is 41.4 Å². The van der Waals surface area contributed by atoms with Crippen molar-refractivity contribution in [2.75, 3.05) is 89.0 Å². The zero-order valence-corrected chi connectivity index (χ0v) is 40.6. The normalized spacial score (nSPS) is 15.6. The number of amides is 4. The number of carbonyl (C=O) groups excluding carboxylic acids is 4. The van der Waals surface area contributed by atoms with E-state index in [0.717, 1.165) is 40.0 Å². The molecule has 2 fully saturated rings. The van der Waals surface area contributed by atoms with Crippen LogP contribution in [0.4, 0.5) is 16.3 Å². The Balaban J connectivity index is 0.915. The second-order valence-electron chi connectivity index (χ2n) is 18.2. The smallest absolute Gasteiger partial charge is 0.408 e. The van der Waals surface area contributed by atoms with Crippen LogP contribution in [0.3, 0.4) is 0 Å². The summed E-state index contributed by atoms with van der Waals surface area (Å²) in [5.41, 5.74) is 2.90. The van der Waals surface area contributed by atoms with Crippen LogP contribution in [0.15, 0.2) is 79.4 Å². The number of ether oxygens (including phenoxy) is 3. The molecule has 0 aliphatic carbocycles. The Kier molecular flexibility index (Phi) is 17.6. The lowest BCUT2D eigenvalue weighted by Gasteiger charge is -2.42. The van der Waals surface area contributed by atoms with Crippen LogP contribution >= 0.6 is 11.6 Å². The minimum atomic E-state index is -1.26. The molecule has 6 N–H and O–H groups in total. The van der Waals surface area contributed by atoms with Gasteiger partial charge in [-0.15, -0.1) is 0 Å². The molecule has 18 nitrogen and oxygen atoms in total. The van der Waals surface area contributed by atoms with Crippen LogP contribution < -0.4 is 31.5 Å². The molecule has 0 spiro atoms. The van der Waals surface area contributed by atoms with Crippen LogP contribution in [0.1, 0.15) is 74.6 Å². The topological polar surface area (TPSA) is 217 Å². The number of benzene rings is 2. The fraction of sp³-hybridized carbons (Fsp3) is 0.460. The molecule has 3 aromatic heterocycles. The summed E-state index contributed by atoms with van der Waals surface area (Å²) in [4.78, 5) is 75.1. The van der Waals surface area contributed by atoms with E-state index in [2.05, 4.69) is 70.5 Å². The fourth-order valence-corrected chi connectivity index (χ4v) is 8.52. The quantitative estimate of drug-likeness (QED) is 0.0521. The highest BCUT2D eigenvalue weighted by Crippen LogP contribution is 2.32. The first-order valence-electron chi connectivity index (χ1n) is 23.7. The van der Waals surface area contributed by atoms with Crippen LogP contribution in [-0.4, -0.2) is 139 Å². The largest absolute Gasteiger partial charge is 0.444 e. The van der Waals surface area contributed by atoms with Crippen LogP contribution in [0.5, 0.6) is 0 Å². The van der Waals surface area contributed by atoms with Gasteiger partial charge in [-0.1, -0.05) is 54.9 Å². The maximum absolute atomic E-state index is 14.5. The van der Waals surface area contributed by atoms with Gasteiger partial charge in [0.25, 0.3) is 5.91 Å². The number of aryl methyl sites for hydroxylation is 1. The van der Waals surface area contributed by atoms with Crippen molar-refractivity contribution < 1.29 is 33.4 Å². The fourth-order valence-electron chi connectivity index (χ4n) is 8.39. The average Bonchev–Trinajstić information content (AvgIpc) is 3.83. The van der Waals surface area contributed by atoms with Crippen LogP contribution in [0.2, 0.25) is 5.02 Å². The van der Waals surface area contributed by atoms with Crippen molar-refractivity contribution in [2.24, 2.45) is 0 Å². The zero-order chi connectivity index (χ0) is 48.8. The van der Waals surface area contributed by atoms with E-state index in [0.29, 0.717) is 89.1 Å². The number of aromatic nitrogens is 4. The van der Waals surface area contributed by atoms with Gasteiger partial charge in [0.05, 0.1) is 50.1 Å². The predicted octanol–water partition coefficient (Wildman–Crippen LogP) is 5.65. The van der Waals surface area contributed by atoms with Gasteiger partial charge in [-0.2, -0.15) is 0 Å². The Morgan fingerprint density at radius 1 is 0.913 bits per heavy atom. The maximum atomic E-state index is 14.5. The number of rotatable bonds is 20. The molecule has 69 heavy (non-hydrogen) atoms. The Hall–Kier alpha value is -6.18. The van der Waals surface area contributed by atoms with Gasteiger partial charge < -0.3 is 50.7 Å². The van der Waals surface area contributed by atoms with E-state index < -0.39 is 29.2 Å². The third-order valence-corrected chi connectivity index (χ3v) is 12.3. The average molecular weight is 967 g/mol. The van der Waals surface area contributed by atoms with Crippen molar-refractivity contribution in [3.63, 3.8) is 0 Å². The van der Waals surface area contributed by atoms with Gasteiger partial charge in [0, 0.05) is 62.2 Å². The lowest BCUT2D eigenvalue weighted by molar-refractivity contribution is -0.129. The number of hydrogen-bond donors (Lipinski definition) is 6. The molecule has 0 radical (unpaired) electrons. The van der Waals surface area contributed by atoms with Crippen molar-refractivity contribution >= 4 is 58.0 Å². The predicted molar refractivity (Wildman–Crippen MR) is 265 cm³/mol. The van der Waals surface area contributed by atoms with Crippen LogP contribution in [-0.2, 0) is 30.2 Å². The Morgan fingerprint density at radius 2 is 1.68 bits per heavy atom. The third kappa shape index (κ3) is 14.2. The molecule has 0 saturated carbocycles. The molecule has 2 saturated heterocycles. The number of pyridine rings is 1. The number of fused-ring (bicyclic) bond motifs is 1. The van der Waals surface area contributed by atoms with Gasteiger partial charge in [0.1, 0.15) is 28.9 Å². The second-order valence-corrected chi connectivity index (χ2v) is 18.7. The number of H-pyrrole nitrogens is 1. The summed E-state index contributed by atoms with van der Waals surface area (Å²) >= 11 is 6.27. The summed E-state index contributed by atoms with van der Waals surface area (Å²) in [5.74, 6) is -0.225. The molecule has 4 amide bonds. The van der Waals surface area contributed by atoms with Gasteiger partial charge in [-0.25, -0.2) is 19.7 Å². The Morgan fingerprint density at radius 3 is 2.43 bits per heavy atom. The molecule has 368 valence electrons. The van der Waals surface area contributed by atoms with E-state index in [4.69, 9.17) is 25.8 Å². The molecule has 5 heterocycles. The monoisotopic (exact) mass is 965 g/mol. The standard InChI is InChI=1S/C50H64ClN11O7/c1-5-34-7-6-8-36(29-34)37-30-41(58-42(63)32-61-23-27-68-28-24-61)43(55-31-37)46(64)54-20-26-67-25-19-52-17-14-40(35-9-11-38(51)12-10-35)59-47(65)50(60-48(66)69-49(2,3)4)15-21-62(22-16-50)45-39-13-18-53-44(39)56-33-57-45/h6-13,18,29-31,33,40,52H,5,14-17,19-28,32H2,1-4H3,(H,54,64)(H,58,63)(H,59,65)(H,60,66)(H,53,56,57)/t40-/m0/s1. The Labute approximate surface area is 408 Å². The summed E-state index contributed by atoms with van der Waals surface area (Å²) in [5, 5.41) is 16.9. The van der Waals surface area contributed by atoms with Crippen molar-refractivity contribution in [1.82, 2.24) is 46.1 Å². The number of morpholine rings is 1. The number of nitrogens with zero attached hydrogens (tertiary/aromatic N) is 5. The van der Waals surface area contributed by atoms with Crippen LogP contribution in [0, 0.1) is 0 Å². The van der Waals surface area contributed by atoms with Gasteiger partial charge in [0.2, 0.25) is 11.8 Å². The Bertz CT molecular complexity index is 2520. The number of piperidine rings is 1. The van der Waals surface area contributed by atoms with Crippen molar-refractivity contribution in [1.29, 1.82) is 0 Å². The highest BCUT2D eigenvalue weighted by atomic mass is 35.5. The van der Waals surface area contributed by atoms with E-state index in [-0.39, 0.29) is 37.2 Å². The number of aromatic amines is 1. The van der Waals surface area contributed by atoms with Gasteiger partial charge in [-0.05, 0) is 94.0 Å². The van der Waals surface area contributed by atoms with Crippen LogP contribution in [0.25, 0.3) is 22.2 Å². The lowest BCUT2D eigenvalue weighted by atomic mass is 9.85. The van der Waals surface area contributed by atoms with Crippen molar-refractivity contribution in [3.8, 4) is 11.1 Å². The summed E-state index contributed by atoms with van der Waals surface area (Å²) in [6, 6.07) is 18.7. The molecule has 0 unspecified atom stereocenters.